The average molecular weight is 1230 g/mol. The van der Waals surface area contributed by atoms with Crippen LogP contribution < -0.4 is 10.6 Å². The molecule has 0 aromatic heterocycles. The Morgan fingerprint density at radius 3 is 1.61 bits per heavy atom. The number of hydrogen-bond donors (Lipinski definition) is 22. The van der Waals surface area contributed by atoms with Crippen molar-refractivity contribution in [1.82, 2.24) is 10.6 Å². The van der Waals surface area contributed by atoms with Crippen molar-refractivity contribution in [3.8, 4) is 0 Å². The number of carboxylic acids is 1. The van der Waals surface area contributed by atoms with Crippen LogP contribution in [-0.4, -0.2) is 351 Å². The number of rotatable bonds is 26. The molecule has 22 N–H and O–H groups in total. The van der Waals surface area contributed by atoms with Gasteiger partial charge in [-0.25, -0.2) is 8.98 Å². The monoisotopic (exact) mass is 1230 g/mol. The maximum atomic E-state index is 12.8. The summed E-state index contributed by atoms with van der Waals surface area (Å²) in [5, 5.41) is 208. The first-order valence-electron chi connectivity index (χ1n) is 25.2. The molecule has 5 saturated heterocycles. The van der Waals surface area contributed by atoms with Gasteiger partial charge < -0.3 is 155 Å². The molecule has 0 unspecified atom stereocenters. The van der Waals surface area contributed by atoms with Crippen LogP contribution in [0, 0.1) is 0 Å². The van der Waals surface area contributed by atoms with Crippen LogP contribution in [0.2, 0.25) is 0 Å². The van der Waals surface area contributed by atoms with E-state index < -0.39 is 258 Å². The molecule has 38 nitrogen and oxygen atoms in total. The molecule has 5 rings (SSSR count). The minimum Gasteiger partial charge on any atom is -0.477 e. The third-order valence-electron chi connectivity index (χ3n) is 14.0. The van der Waals surface area contributed by atoms with Crippen molar-refractivity contribution in [2.24, 2.45) is 0 Å². The predicted octanol–water partition coefficient (Wildman–Crippen LogP) is -14.1. The molecule has 2 amide bonds. The SMILES string of the molecule is CC(=O)N[C@H]1[C@H](O[C@H]2[C@@H](O)[C@@H](CO)O[C@@H](O[C@@H]([C@H](O[C@@H]3O[C@@H](C)[C@@H](O)[C@@H](O)[C@@H]3O)[C@@H](O)CO)[C@H](O)CO)[C@@H]2O)O[C@H](COS(=O)(=O)O)[C@@H](O[C@@H]2O[C@H](CO[C@]3(C(=O)O)C[C@H](O)[C@@H](NC(C)=O)[C@H]([C@H](O)[C@H](O)CO)O3)[C@H](O)[C@H](O)[C@H]2O)[C@@H]1O. The molecule has 0 radical (unpaired) electrons. The number of amides is 2. The molecule has 0 aromatic rings. The second-order valence-corrected chi connectivity index (χ2v) is 21.1. The van der Waals surface area contributed by atoms with Gasteiger partial charge in [0.1, 0.15) is 134 Å². The van der Waals surface area contributed by atoms with Crippen LogP contribution in [-0.2, 0) is 76.3 Å². The van der Waals surface area contributed by atoms with Crippen LogP contribution >= 0.6 is 0 Å². The first kappa shape index (κ1) is 69.9. The van der Waals surface area contributed by atoms with E-state index in [9.17, 15) is 124 Å². The molecule has 5 fully saturated rings. The van der Waals surface area contributed by atoms with Crippen LogP contribution in [0.4, 0.5) is 0 Å². The van der Waals surface area contributed by atoms with Gasteiger partial charge in [0.15, 0.2) is 25.2 Å². The van der Waals surface area contributed by atoms with Gasteiger partial charge in [-0.15, -0.1) is 0 Å². The Balaban J connectivity index is 1.44. The maximum Gasteiger partial charge on any atom is 0.397 e. The van der Waals surface area contributed by atoms with Gasteiger partial charge in [-0.05, 0) is 6.92 Å². The number of nitrogens with one attached hydrogen (secondary N) is 2. The highest BCUT2D eigenvalue weighted by Gasteiger charge is 2.59. The molecular formula is C43H74N2O36S. The lowest BCUT2D eigenvalue weighted by atomic mass is 9.88. The zero-order valence-corrected chi connectivity index (χ0v) is 44.4. The van der Waals surface area contributed by atoms with E-state index in [0.29, 0.717) is 0 Å². The van der Waals surface area contributed by atoms with Crippen molar-refractivity contribution in [2.75, 3.05) is 39.6 Å². The lowest BCUT2D eigenvalue weighted by Gasteiger charge is -2.50. The number of aliphatic hydroxyl groups is 18. The summed E-state index contributed by atoms with van der Waals surface area (Å²) in [6.07, 6.45) is -58.5. The molecule has 5 heterocycles. The number of carbonyl (C=O) groups excluding carboxylic acids is 2. The van der Waals surface area contributed by atoms with E-state index in [1.807, 2.05) is 0 Å². The van der Waals surface area contributed by atoms with E-state index in [2.05, 4.69) is 14.8 Å². The summed E-state index contributed by atoms with van der Waals surface area (Å²) < 4.78 is 94.4. The summed E-state index contributed by atoms with van der Waals surface area (Å²) in [7, 11) is -5.47. The molecule has 0 spiro atoms. The molecule has 0 aliphatic carbocycles. The highest BCUT2D eigenvalue weighted by Crippen LogP contribution is 2.38. The van der Waals surface area contributed by atoms with E-state index in [1.54, 1.807) is 0 Å². The number of carboxylic acid groups (broad SMARTS) is 1. The third-order valence-corrected chi connectivity index (χ3v) is 14.4. The first-order valence-corrected chi connectivity index (χ1v) is 26.5. The molecule has 39 heteroatoms. The summed E-state index contributed by atoms with van der Waals surface area (Å²) in [5.41, 5.74) is 0. The van der Waals surface area contributed by atoms with E-state index >= 15 is 0 Å². The first-order chi connectivity index (χ1) is 38.3. The average Bonchev–Trinajstić information content (AvgIpc) is 3.58. The van der Waals surface area contributed by atoms with Gasteiger partial charge in [-0.2, -0.15) is 8.42 Å². The normalized spacial score (nSPS) is 42.5. The Morgan fingerprint density at radius 2 is 1.09 bits per heavy atom. The Bertz CT molecular complexity index is 2160. The van der Waals surface area contributed by atoms with Crippen molar-refractivity contribution in [3.63, 3.8) is 0 Å². The third kappa shape index (κ3) is 16.4. The quantitative estimate of drug-likeness (QED) is 0.0358. The molecule has 478 valence electrons. The van der Waals surface area contributed by atoms with Crippen LogP contribution in [0.5, 0.6) is 0 Å². The van der Waals surface area contributed by atoms with Crippen molar-refractivity contribution in [3.05, 3.63) is 0 Å². The van der Waals surface area contributed by atoms with Gasteiger partial charge in [0.05, 0.1) is 57.9 Å². The van der Waals surface area contributed by atoms with Gasteiger partial charge >= 0.3 is 16.4 Å². The fraction of sp³-hybridized carbons (Fsp3) is 0.930. The van der Waals surface area contributed by atoms with Crippen molar-refractivity contribution in [1.29, 1.82) is 0 Å². The maximum absolute atomic E-state index is 12.8. The molecule has 5 aliphatic heterocycles. The van der Waals surface area contributed by atoms with E-state index in [1.165, 1.54) is 6.92 Å². The molecule has 0 bridgehead atoms. The van der Waals surface area contributed by atoms with Gasteiger partial charge in [-0.3, -0.25) is 14.1 Å². The lowest BCUT2D eigenvalue weighted by molar-refractivity contribution is -0.379. The largest absolute Gasteiger partial charge is 0.477 e. The van der Waals surface area contributed by atoms with Gasteiger partial charge in [0.25, 0.3) is 5.79 Å². The molecule has 30 atom stereocenters. The topological polar surface area (TPSA) is 616 Å². The summed E-state index contributed by atoms with van der Waals surface area (Å²) in [4.78, 5) is 37.5. The smallest absolute Gasteiger partial charge is 0.397 e. The molecular weight excluding hydrogens is 1150 g/mol. The number of ether oxygens (including phenoxy) is 10. The van der Waals surface area contributed by atoms with Crippen LogP contribution in [0.25, 0.3) is 0 Å². The second-order valence-electron chi connectivity index (χ2n) is 20.0. The number of carbonyl (C=O) groups is 3. The Hall–Kier alpha value is -2.84. The highest BCUT2D eigenvalue weighted by atomic mass is 32.3. The van der Waals surface area contributed by atoms with Gasteiger partial charge in [0.2, 0.25) is 11.8 Å². The minimum absolute atomic E-state index is 0.828. The Labute approximate surface area is 464 Å². The zero-order valence-electron chi connectivity index (χ0n) is 43.6. The number of aliphatic carboxylic acids is 1. The van der Waals surface area contributed by atoms with Gasteiger partial charge in [0, 0.05) is 20.3 Å². The standard InChI is InChI=1S/C43H74N2O36S/c1-11-23(56)28(61)30(63)39(73-11)77-33(16(54)6-47)34(17(55)7-48)78-41-32(65)37(26(59)18(8-49)74-41)80-38-22(45-13(3)51)27(60)35(20(76-38)10-72-82(68,69)70)79-40-31(64)29(62)25(58)19(75-40)9-71-43(42(66)67)4-14(52)21(44-12(2)50)36(81-43)24(57)15(53)5-46/h11,14-41,46-49,52-65H,4-10H2,1-3H3,(H,44,50)(H,45,51)(H,66,67)(H,68,69,70)/t11-,14-,15+,16-,17+,18+,19+,20+,21+,22+,23+,24+,25-,26-,27+,28+,29-,30-,31+,32+,33+,34+,35+,36+,37-,38-,39-,40-,41-,43+/m0/s1. The van der Waals surface area contributed by atoms with E-state index in [-0.39, 0.29) is 0 Å². The van der Waals surface area contributed by atoms with Gasteiger partial charge in [-0.1, -0.05) is 0 Å². The molecule has 5 aliphatic rings. The van der Waals surface area contributed by atoms with E-state index in [0.717, 1.165) is 13.8 Å². The fourth-order valence-electron chi connectivity index (χ4n) is 9.59. The van der Waals surface area contributed by atoms with Crippen LogP contribution in [0.3, 0.4) is 0 Å². The van der Waals surface area contributed by atoms with Crippen LogP contribution in [0.1, 0.15) is 27.2 Å². The molecule has 0 saturated carbocycles. The number of aliphatic hydroxyl groups excluding tert-OH is 18. The van der Waals surface area contributed by atoms with Crippen LogP contribution in [0.15, 0.2) is 0 Å². The van der Waals surface area contributed by atoms with Crippen molar-refractivity contribution < 1.29 is 176 Å². The molecule has 82 heavy (non-hydrogen) atoms. The zero-order chi connectivity index (χ0) is 61.6. The predicted molar refractivity (Wildman–Crippen MR) is 251 cm³/mol. The molecule has 0 aromatic carbocycles. The van der Waals surface area contributed by atoms with E-state index in [4.69, 9.17) is 47.4 Å². The number of hydrogen-bond acceptors (Lipinski definition) is 34. The summed E-state index contributed by atoms with van der Waals surface area (Å²) in [6, 6.07) is -3.70. The second kappa shape index (κ2) is 29.7. The Kier molecular flexibility index (Phi) is 25.3. The highest BCUT2D eigenvalue weighted by molar-refractivity contribution is 7.80. The Morgan fingerprint density at radius 1 is 0.585 bits per heavy atom. The summed E-state index contributed by atoms with van der Waals surface area (Å²) in [6.45, 7) is -4.30. The minimum atomic E-state index is -5.47. The fourth-order valence-corrected chi connectivity index (χ4v) is 9.90. The summed E-state index contributed by atoms with van der Waals surface area (Å²) in [5.74, 6) is -6.95. The van der Waals surface area contributed by atoms with Crippen molar-refractivity contribution >= 4 is 28.2 Å². The van der Waals surface area contributed by atoms with Crippen molar-refractivity contribution in [2.45, 2.75) is 211 Å². The summed E-state index contributed by atoms with van der Waals surface area (Å²) >= 11 is 0. The lowest BCUT2D eigenvalue weighted by Crippen LogP contribution is -2.70.